The maximum Gasteiger partial charge on any atom is 0.182 e. The van der Waals surface area contributed by atoms with Crippen molar-refractivity contribution in [2.24, 2.45) is 4.99 Å². The summed E-state index contributed by atoms with van der Waals surface area (Å²) < 4.78 is 5.08. The van der Waals surface area contributed by atoms with Crippen molar-refractivity contribution in [3.63, 3.8) is 0 Å². The van der Waals surface area contributed by atoms with E-state index in [-0.39, 0.29) is 0 Å². The van der Waals surface area contributed by atoms with Crippen molar-refractivity contribution in [2.75, 3.05) is 13.7 Å². The molecule has 1 N–H and O–H groups in total. The highest BCUT2D eigenvalue weighted by molar-refractivity contribution is 5.97. The predicted molar refractivity (Wildman–Crippen MR) is 73.4 cm³/mol. The minimum atomic E-state index is 0.579. The zero-order chi connectivity index (χ0) is 13.2. The Labute approximate surface area is 108 Å². The van der Waals surface area contributed by atoms with E-state index in [4.69, 9.17) is 10.00 Å². The van der Waals surface area contributed by atoms with E-state index in [9.17, 15) is 0 Å². The van der Waals surface area contributed by atoms with Crippen LogP contribution in [0.2, 0.25) is 0 Å². The molecular formula is C14H17N3O. The Morgan fingerprint density at radius 3 is 2.72 bits per heavy atom. The number of nitriles is 1. The van der Waals surface area contributed by atoms with Gasteiger partial charge in [-0.25, -0.2) is 0 Å². The molecule has 0 saturated heterocycles. The Balaban J connectivity index is 2.72. The van der Waals surface area contributed by atoms with E-state index in [2.05, 4.69) is 10.3 Å². The predicted octanol–water partition coefficient (Wildman–Crippen LogP) is 2.59. The molecule has 0 aliphatic rings. The van der Waals surface area contributed by atoms with E-state index < -0.39 is 0 Å². The van der Waals surface area contributed by atoms with Crippen LogP contribution in [0.5, 0.6) is 5.75 Å². The summed E-state index contributed by atoms with van der Waals surface area (Å²) in [4.78, 5) is 4.25. The average Bonchev–Trinajstić information content (AvgIpc) is 2.42. The Hall–Kier alpha value is -2.28. The maximum absolute atomic E-state index is 8.61. The molecular weight excluding hydrogens is 226 g/mol. The van der Waals surface area contributed by atoms with Gasteiger partial charge in [-0.15, -0.1) is 0 Å². The van der Waals surface area contributed by atoms with Gasteiger partial charge in [-0.3, -0.25) is 10.3 Å². The van der Waals surface area contributed by atoms with Gasteiger partial charge in [0.1, 0.15) is 11.6 Å². The highest BCUT2D eigenvalue weighted by atomic mass is 16.5. The molecule has 94 valence electrons. The minimum absolute atomic E-state index is 0.579. The second kappa shape index (κ2) is 7.91. The molecule has 0 fully saturated rings. The number of nitrogens with zero attached hydrogens (tertiary/aromatic N) is 2. The molecule has 0 radical (unpaired) electrons. The molecule has 0 unspecified atom stereocenters. The van der Waals surface area contributed by atoms with Gasteiger partial charge >= 0.3 is 0 Å². The zero-order valence-electron chi connectivity index (χ0n) is 10.7. The summed E-state index contributed by atoms with van der Waals surface area (Å²) in [6.07, 6.45) is 6.52. The van der Waals surface area contributed by atoms with Gasteiger partial charge in [0, 0.05) is 6.54 Å². The van der Waals surface area contributed by atoms with E-state index >= 15 is 0 Å². The van der Waals surface area contributed by atoms with Gasteiger partial charge in [0.15, 0.2) is 6.19 Å². The molecule has 0 aliphatic carbocycles. The van der Waals surface area contributed by atoms with Crippen molar-refractivity contribution in [2.45, 2.75) is 13.3 Å². The summed E-state index contributed by atoms with van der Waals surface area (Å²) in [5.74, 6) is 1.40. The number of benzene rings is 1. The van der Waals surface area contributed by atoms with Crippen molar-refractivity contribution in [3.8, 4) is 11.9 Å². The molecule has 4 heteroatoms. The van der Waals surface area contributed by atoms with E-state index in [0.29, 0.717) is 12.4 Å². The molecule has 18 heavy (non-hydrogen) atoms. The van der Waals surface area contributed by atoms with Crippen molar-refractivity contribution >= 4 is 11.9 Å². The Bertz CT molecular complexity index is 455. The van der Waals surface area contributed by atoms with Gasteiger partial charge in [-0.2, -0.15) is 5.26 Å². The molecule has 1 rings (SSSR count). The lowest BCUT2D eigenvalue weighted by molar-refractivity contribution is 0.415. The van der Waals surface area contributed by atoms with Gasteiger partial charge < -0.3 is 4.74 Å². The molecule has 1 aromatic rings. The Morgan fingerprint density at radius 2 is 2.17 bits per heavy atom. The number of hydrogen-bond acceptors (Lipinski definition) is 3. The number of nitrogens with one attached hydrogen (secondary N) is 1. The number of methoxy groups -OCH3 is 1. The van der Waals surface area contributed by atoms with E-state index in [1.54, 1.807) is 13.2 Å². The first-order valence-electron chi connectivity index (χ1n) is 5.81. The summed E-state index contributed by atoms with van der Waals surface area (Å²) in [6, 6.07) is 7.67. The quantitative estimate of drug-likeness (QED) is 0.374. The van der Waals surface area contributed by atoms with Gasteiger partial charge in [0.05, 0.1) is 7.11 Å². The van der Waals surface area contributed by atoms with Crippen LogP contribution in [0, 0.1) is 11.5 Å². The van der Waals surface area contributed by atoms with E-state index in [0.717, 1.165) is 17.7 Å². The summed E-state index contributed by atoms with van der Waals surface area (Å²) in [5, 5.41) is 11.2. The van der Waals surface area contributed by atoms with Crippen LogP contribution in [-0.4, -0.2) is 19.5 Å². The standard InChI is InChI=1S/C14H17N3O/c1-3-10-16-14(17-11-15)9-6-12-4-7-13(18-2)8-5-12/h4-9H,3,10H2,1-2H3,(H,16,17)/b9-6+. The first kappa shape index (κ1) is 13.8. The molecule has 0 saturated carbocycles. The first-order valence-corrected chi connectivity index (χ1v) is 5.81. The molecule has 4 nitrogen and oxygen atoms in total. The van der Waals surface area contributed by atoms with Crippen LogP contribution >= 0.6 is 0 Å². The third kappa shape index (κ3) is 4.71. The normalized spacial score (nSPS) is 11.3. The first-order chi connectivity index (χ1) is 8.80. The van der Waals surface area contributed by atoms with Crippen LogP contribution in [0.3, 0.4) is 0 Å². The lowest BCUT2D eigenvalue weighted by Crippen LogP contribution is -2.15. The summed E-state index contributed by atoms with van der Waals surface area (Å²) in [7, 11) is 1.64. The van der Waals surface area contributed by atoms with Gasteiger partial charge in [-0.05, 0) is 30.2 Å². The van der Waals surface area contributed by atoms with Gasteiger partial charge in [0.25, 0.3) is 0 Å². The van der Waals surface area contributed by atoms with Crippen LogP contribution in [0.1, 0.15) is 18.9 Å². The van der Waals surface area contributed by atoms with Crippen molar-refractivity contribution in [1.29, 1.82) is 5.26 Å². The summed E-state index contributed by atoms with van der Waals surface area (Å²) in [5.41, 5.74) is 1.03. The third-order valence-electron chi connectivity index (χ3n) is 2.24. The molecule has 0 amide bonds. The maximum atomic E-state index is 8.61. The highest BCUT2D eigenvalue weighted by Crippen LogP contribution is 2.12. The Kier molecular flexibility index (Phi) is 6.05. The topological polar surface area (TPSA) is 57.4 Å². The Morgan fingerprint density at radius 1 is 1.44 bits per heavy atom. The lowest BCUT2D eigenvalue weighted by Gasteiger charge is -2.00. The second-order valence-corrected chi connectivity index (χ2v) is 3.61. The average molecular weight is 243 g/mol. The SMILES string of the molecule is CCCN=C(/C=C/c1ccc(OC)cc1)NC#N. The van der Waals surface area contributed by atoms with Crippen LogP contribution in [-0.2, 0) is 0 Å². The molecule has 0 bridgehead atoms. The molecule has 0 aliphatic heterocycles. The van der Waals surface area contributed by atoms with Gasteiger partial charge in [0.2, 0.25) is 0 Å². The van der Waals surface area contributed by atoms with E-state index in [1.807, 2.05) is 43.5 Å². The monoisotopic (exact) mass is 243 g/mol. The zero-order valence-corrected chi connectivity index (χ0v) is 10.7. The second-order valence-electron chi connectivity index (χ2n) is 3.61. The highest BCUT2D eigenvalue weighted by Gasteiger charge is 1.93. The molecule has 0 heterocycles. The number of aliphatic imine (C=N–C) groups is 1. The summed E-state index contributed by atoms with van der Waals surface area (Å²) >= 11 is 0. The van der Waals surface area contributed by atoms with Crippen LogP contribution in [0.15, 0.2) is 35.3 Å². The summed E-state index contributed by atoms with van der Waals surface area (Å²) in [6.45, 7) is 2.75. The molecule has 0 spiro atoms. The number of hydrogen-bond donors (Lipinski definition) is 1. The minimum Gasteiger partial charge on any atom is -0.497 e. The number of amidine groups is 1. The smallest absolute Gasteiger partial charge is 0.182 e. The lowest BCUT2D eigenvalue weighted by atomic mass is 10.2. The fourth-order valence-electron chi connectivity index (χ4n) is 1.31. The third-order valence-corrected chi connectivity index (χ3v) is 2.24. The van der Waals surface area contributed by atoms with Crippen LogP contribution in [0.4, 0.5) is 0 Å². The van der Waals surface area contributed by atoms with Crippen LogP contribution in [0.25, 0.3) is 6.08 Å². The number of rotatable bonds is 5. The largest absolute Gasteiger partial charge is 0.497 e. The molecule has 0 aromatic heterocycles. The fourth-order valence-corrected chi connectivity index (χ4v) is 1.31. The number of ether oxygens (including phenoxy) is 1. The van der Waals surface area contributed by atoms with Gasteiger partial charge in [-0.1, -0.05) is 25.1 Å². The fraction of sp³-hybridized carbons (Fsp3) is 0.286. The van der Waals surface area contributed by atoms with Crippen LogP contribution < -0.4 is 10.1 Å². The van der Waals surface area contributed by atoms with Crippen molar-refractivity contribution < 1.29 is 4.74 Å². The van der Waals surface area contributed by atoms with Crippen molar-refractivity contribution in [1.82, 2.24) is 5.32 Å². The molecule has 0 atom stereocenters. The van der Waals surface area contributed by atoms with E-state index in [1.165, 1.54) is 0 Å². The van der Waals surface area contributed by atoms with Crippen molar-refractivity contribution in [3.05, 3.63) is 35.9 Å². The molecule has 1 aromatic carbocycles.